The van der Waals surface area contributed by atoms with Crippen molar-refractivity contribution in [3.05, 3.63) is 136 Å². The molecule has 0 saturated heterocycles. The summed E-state index contributed by atoms with van der Waals surface area (Å²) in [5, 5.41) is 0. The smallest absolute Gasteiger partial charge is 0.130 e. The Bertz CT molecular complexity index is 1620. The van der Waals surface area contributed by atoms with Crippen molar-refractivity contribution in [2.24, 2.45) is 10.8 Å². The highest BCUT2D eigenvalue weighted by atomic mass is 31.0. The van der Waals surface area contributed by atoms with E-state index in [-0.39, 0.29) is 5.41 Å². The van der Waals surface area contributed by atoms with Gasteiger partial charge in [-0.05, 0) is 170 Å². The van der Waals surface area contributed by atoms with Crippen LogP contribution < -0.4 is 0 Å². The fraction of sp³-hybridized carbons (Fsp3) is 0.528. The second-order valence-corrected chi connectivity index (χ2v) is 16.4. The van der Waals surface area contributed by atoms with Gasteiger partial charge in [0.2, 0.25) is 0 Å². The monoisotopic (exact) mass is 785 g/mol. The Morgan fingerprint density at radius 2 is 1.57 bits per heavy atom. The molecule has 3 atom stereocenters. The second-order valence-electron chi connectivity index (χ2n) is 16.4. The average Bonchev–Trinajstić information content (AvgIpc) is 3.50. The molecule has 0 aliphatic heterocycles. The van der Waals surface area contributed by atoms with Gasteiger partial charge in [-0.15, -0.1) is 9.24 Å². The predicted molar refractivity (Wildman–Crippen MR) is 255 cm³/mol. The number of rotatable bonds is 17. The third-order valence-electron chi connectivity index (χ3n) is 11.5. The Kier molecular flexibility index (Phi) is 25.3. The van der Waals surface area contributed by atoms with Crippen LogP contribution in [0.5, 0.6) is 0 Å². The number of aldehydes is 1. The van der Waals surface area contributed by atoms with Crippen molar-refractivity contribution >= 4 is 21.1 Å². The lowest BCUT2D eigenvalue weighted by atomic mass is 9.57. The average molecular weight is 785 g/mol. The van der Waals surface area contributed by atoms with Crippen molar-refractivity contribution in [1.29, 1.82) is 0 Å². The van der Waals surface area contributed by atoms with Crippen molar-refractivity contribution in [3.63, 3.8) is 0 Å². The van der Waals surface area contributed by atoms with Crippen molar-refractivity contribution in [2.75, 3.05) is 6.66 Å². The molecule has 2 aliphatic carbocycles. The number of allylic oxidation sites excluding steroid dienone is 15. The molecule has 0 aromatic heterocycles. The Balaban J connectivity index is 0.00000112. The fourth-order valence-electron chi connectivity index (χ4n) is 7.84. The number of unbranched alkanes of at least 4 members (excludes halogenated alkanes) is 4. The molecule has 56 heavy (non-hydrogen) atoms. The van der Waals surface area contributed by atoms with Crippen LogP contribution in [0.15, 0.2) is 119 Å². The number of carbonyl (C=O) groups is 1. The fourth-order valence-corrected chi connectivity index (χ4v) is 7.84. The minimum atomic E-state index is -1.32. The highest BCUT2D eigenvalue weighted by molar-refractivity contribution is 7.15. The maximum absolute atomic E-state index is 14.1. The van der Waals surface area contributed by atoms with E-state index in [9.17, 15) is 9.18 Å². The first-order valence-electron chi connectivity index (χ1n) is 21.3. The summed E-state index contributed by atoms with van der Waals surface area (Å²) in [7, 11) is 2.42. The highest BCUT2D eigenvalue weighted by Crippen LogP contribution is 2.63. The maximum atomic E-state index is 14.1. The maximum Gasteiger partial charge on any atom is 0.130 e. The molecule has 0 N–H and O–H groups in total. The molecule has 1 aromatic rings. The van der Waals surface area contributed by atoms with Crippen LogP contribution in [0, 0.1) is 17.8 Å². The largest absolute Gasteiger partial charge is 0.303 e. The Hall–Kier alpha value is -3.09. The molecule has 0 spiro atoms. The van der Waals surface area contributed by atoms with E-state index in [4.69, 9.17) is 0 Å². The standard InChI is InChI=1S/C32H48O.C18H23F.C2H6.CH5P/c1-8-27(5)29(15-12-10-9-11-13-22-33)17-16-26(4)18-21-32-20-14-19-31(32,7)24-30(25(2)3)28(6)23-32;1-7-15(10-8-13(2)3)17-12-16(18(5,6)19)11-9-14(17)4;2*1-2/h8,16-17,22,24H,2,6,9-15,18-21,23H2,1,3-5,7H3;7-12H,2H2,1,3-6H3;1-2H3;2H2,1H3/b26-16+,27-8+,29-17-;10-8-,15-7+;;/t31-,32?;;;/m1.../s1. The van der Waals surface area contributed by atoms with Crippen LogP contribution >= 0.6 is 9.24 Å². The summed E-state index contributed by atoms with van der Waals surface area (Å²) in [5.74, 6) is 0. The minimum absolute atomic E-state index is 0.273. The molecule has 0 bridgehead atoms. The van der Waals surface area contributed by atoms with Crippen molar-refractivity contribution in [2.45, 2.75) is 166 Å². The van der Waals surface area contributed by atoms with Crippen LogP contribution in [-0.4, -0.2) is 13.0 Å². The number of aryl methyl sites for hydroxylation is 1. The molecule has 3 heteroatoms. The molecule has 1 fully saturated rings. The van der Waals surface area contributed by atoms with Gasteiger partial charge in [0.25, 0.3) is 0 Å². The number of halogens is 1. The SMILES string of the molecule is C=C(C)/C=C\C(=C/C)c1cc(C(C)(C)F)ccc1C.C=C(C)C1=C[C@@]2(C)CCCC2(CC/C(C)=C/C=C(CCCCCCC=O)\C(C)=C\C)CC1=C.CC.CP. The van der Waals surface area contributed by atoms with E-state index < -0.39 is 5.67 Å². The lowest BCUT2D eigenvalue weighted by Gasteiger charge is -2.47. The molecule has 3 rings (SSSR count). The third kappa shape index (κ3) is 16.8. The summed E-state index contributed by atoms with van der Waals surface area (Å²) in [6.45, 7) is 38.9. The summed E-state index contributed by atoms with van der Waals surface area (Å²) in [6, 6.07) is 5.77. The number of carbonyl (C=O) groups excluding carboxylic acids is 1. The van der Waals surface area contributed by atoms with Gasteiger partial charge in [0.15, 0.2) is 0 Å². The van der Waals surface area contributed by atoms with E-state index in [1.807, 2.05) is 77.7 Å². The van der Waals surface area contributed by atoms with Crippen molar-refractivity contribution in [1.82, 2.24) is 0 Å². The number of hydrogen-bond donors (Lipinski definition) is 0. The first kappa shape index (κ1) is 52.9. The molecule has 2 aliphatic rings. The molecule has 1 nitrogen and oxygen atoms in total. The van der Waals surface area contributed by atoms with Crippen LogP contribution in [0.25, 0.3) is 5.57 Å². The molecule has 0 amide bonds. The van der Waals surface area contributed by atoms with E-state index >= 15 is 0 Å². The van der Waals surface area contributed by atoms with Gasteiger partial charge >= 0.3 is 0 Å². The van der Waals surface area contributed by atoms with Crippen molar-refractivity contribution in [3.8, 4) is 0 Å². The Morgan fingerprint density at radius 1 is 0.929 bits per heavy atom. The Morgan fingerprint density at radius 3 is 2.12 bits per heavy atom. The lowest BCUT2D eigenvalue weighted by molar-refractivity contribution is -0.107. The summed E-state index contributed by atoms with van der Waals surface area (Å²) >= 11 is 0. The van der Waals surface area contributed by atoms with E-state index in [0.717, 1.165) is 60.7 Å². The first-order valence-corrected chi connectivity index (χ1v) is 22.5. The first-order chi connectivity index (χ1) is 26.4. The van der Waals surface area contributed by atoms with Gasteiger partial charge in [-0.2, -0.15) is 0 Å². The second kappa shape index (κ2) is 26.8. The predicted octanol–water partition coefficient (Wildman–Crippen LogP) is 17.0. The van der Waals surface area contributed by atoms with Gasteiger partial charge in [0.05, 0.1) is 0 Å². The molecule has 0 heterocycles. The van der Waals surface area contributed by atoms with E-state index in [1.54, 1.807) is 13.8 Å². The number of alkyl halides is 1. The summed E-state index contributed by atoms with van der Waals surface area (Å²) in [6.07, 6.45) is 30.4. The van der Waals surface area contributed by atoms with Crippen LogP contribution in [0.3, 0.4) is 0 Å². The molecule has 0 radical (unpaired) electrons. The number of fused-ring (bicyclic) bond motifs is 1. The van der Waals surface area contributed by atoms with E-state index in [0.29, 0.717) is 17.4 Å². The lowest BCUT2D eigenvalue weighted by Crippen LogP contribution is -2.37. The van der Waals surface area contributed by atoms with E-state index in [2.05, 4.69) is 87.9 Å². The quantitative estimate of drug-likeness (QED) is 0.0665. The van der Waals surface area contributed by atoms with Gasteiger partial charge < -0.3 is 4.79 Å². The normalized spacial score (nSPS) is 20.1. The molecular weight excluding hydrogens is 703 g/mol. The van der Waals surface area contributed by atoms with Crippen LogP contribution in [0.1, 0.15) is 170 Å². The number of hydrogen-bond acceptors (Lipinski definition) is 1. The van der Waals surface area contributed by atoms with Crippen LogP contribution in [0.2, 0.25) is 0 Å². The van der Waals surface area contributed by atoms with E-state index in [1.165, 1.54) is 72.0 Å². The molecule has 312 valence electrons. The summed E-state index contributed by atoms with van der Waals surface area (Å²) in [5.41, 5.74) is 12.4. The zero-order valence-corrected chi connectivity index (χ0v) is 39.5. The van der Waals surface area contributed by atoms with Gasteiger partial charge in [-0.1, -0.05) is 143 Å². The molecule has 2 unspecified atom stereocenters. The zero-order chi connectivity index (χ0) is 43.1. The van der Waals surface area contributed by atoms with Crippen LogP contribution in [-0.2, 0) is 10.5 Å². The van der Waals surface area contributed by atoms with Crippen molar-refractivity contribution < 1.29 is 9.18 Å². The minimum Gasteiger partial charge on any atom is -0.303 e. The number of benzene rings is 1. The third-order valence-corrected chi connectivity index (χ3v) is 11.5. The summed E-state index contributed by atoms with van der Waals surface area (Å²) in [4.78, 5) is 10.5. The Labute approximate surface area is 348 Å². The zero-order valence-electron chi connectivity index (χ0n) is 38.3. The van der Waals surface area contributed by atoms with Gasteiger partial charge in [-0.25, -0.2) is 4.39 Å². The van der Waals surface area contributed by atoms with Gasteiger partial charge in [-0.3, -0.25) is 0 Å². The topological polar surface area (TPSA) is 17.1 Å². The molecular formula is C53H82FOP. The van der Waals surface area contributed by atoms with Gasteiger partial charge in [0, 0.05) is 6.42 Å². The summed E-state index contributed by atoms with van der Waals surface area (Å²) < 4.78 is 14.1. The van der Waals surface area contributed by atoms with Crippen LogP contribution in [0.4, 0.5) is 4.39 Å². The van der Waals surface area contributed by atoms with Gasteiger partial charge in [0.1, 0.15) is 12.0 Å². The molecule has 1 aromatic carbocycles. The molecule has 1 saturated carbocycles. The highest BCUT2D eigenvalue weighted by Gasteiger charge is 2.52.